The fourth-order valence-electron chi connectivity index (χ4n) is 5.15. The van der Waals surface area contributed by atoms with Gasteiger partial charge in [0, 0.05) is 43.6 Å². The van der Waals surface area contributed by atoms with Crippen molar-refractivity contribution in [2.24, 2.45) is 5.73 Å². The van der Waals surface area contributed by atoms with Crippen LogP contribution >= 0.6 is 11.6 Å². The number of hydrogen-bond acceptors (Lipinski definition) is 4. The summed E-state index contributed by atoms with van der Waals surface area (Å²) in [6.07, 6.45) is 14.8. The lowest BCUT2D eigenvalue weighted by molar-refractivity contribution is 0.171. The third-order valence-corrected chi connectivity index (χ3v) is 7.53. The quantitative estimate of drug-likeness (QED) is 0.156. The van der Waals surface area contributed by atoms with Crippen molar-refractivity contribution < 1.29 is 9.13 Å². The van der Waals surface area contributed by atoms with Crippen LogP contribution in [0.4, 0.5) is 4.39 Å². The van der Waals surface area contributed by atoms with Crippen molar-refractivity contribution in [1.29, 1.82) is 0 Å². The van der Waals surface area contributed by atoms with Gasteiger partial charge in [0.1, 0.15) is 5.75 Å². The summed E-state index contributed by atoms with van der Waals surface area (Å²) >= 11 is 6.21. The molecule has 1 aliphatic rings. The summed E-state index contributed by atoms with van der Waals surface area (Å²) in [5.41, 5.74) is 11.2. The Morgan fingerprint density at radius 2 is 1.83 bits per heavy atom. The fraction of sp³-hybridized carbons (Fsp3) is 0.308. The highest BCUT2D eigenvalue weighted by atomic mass is 35.5. The van der Waals surface area contributed by atoms with E-state index in [0.29, 0.717) is 20.3 Å². The Balaban J connectivity index is 0.000000587. The van der Waals surface area contributed by atoms with Gasteiger partial charge in [-0.05, 0) is 72.5 Å². The number of allylic oxidation sites excluding steroid dienone is 1. The molecule has 7 heteroatoms. The predicted molar refractivity (Wildman–Crippen MR) is 194 cm³/mol. The SMILES string of the molecule is C=C(/C=C\C)CN.CC.CF.CN(C/C=C/c1ccc(OCC2(Cn3ccnc3)Cc3cc(Cl)ccc32)cc1)Cc1ccccc1. The van der Waals surface area contributed by atoms with Crippen molar-refractivity contribution in [2.75, 3.05) is 33.9 Å². The summed E-state index contributed by atoms with van der Waals surface area (Å²) in [6.45, 7) is 13.4. The summed E-state index contributed by atoms with van der Waals surface area (Å²) < 4.78 is 17.9. The molecule has 46 heavy (non-hydrogen) atoms. The van der Waals surface area contributed by atoms with Gasteiger partial charge in [-0.3, -0.25) is 9.29 Å². The molecule has 1 aliphatic carbocycles. The number of nitrogens with two attached hydrogens (primary N) is 1. The normalized spacial score (nSPS) is 14.6. The van der Waals surface area contributed by atoms with Gasteiger partial charge in [-0.2, -0.15) is 0 Å². The number of imidazole rings is 1. The first-order valence-corrected chi connectivity index (χ1v) is 16.0. The maximum absolute atomic E-state index is 9.50. The smallest absolute Gasteiger partial charge is 0.119 e. The van der Waals surface area contributed by atoms with E-state index >= 15 is 0 Å². The molecule has 0 aliphatic heterocycles. The molecule has 0 amide bonds. The number of rotatable bonds is 12. The minimum Gasteiger partial charge on any atom is -0.493 e. The van der Waals surface area contributed by atoms with E-state index in [9.17, 15) is 4.39 Å². The molecule has 5 nitrogen and oxygen atoms in total. The highest BCUT2D eigenvalue weighted by molar-refractivity contribution is 6.30. The second-order valence-corrected chi connectivity index (χ2v) is 11.2. The molecule has 0 radical (unpaired) electrons. The average molecular weight is 645 g/mol. The van der Waals surface area contributed by atoms with Crippen LogP contribution in [0.1, 0.15) is 43.0 Å². The van der Waals surface area contributed by atoms with Gasteiger partial charge in [0.2, 0.25) is 0 Å². The Morgan fingerprint density at radius 1 is 1.11 bits per heavy atom. The van der Waals surface area contributed by atoms with E-state index in [1.54, 1.807) is 0 Å². The topological polar surface area (TPSA) is 56.3 Å². The number of ether oxygens (including phenoxy) is 1. The van der Waals surface area contributed by atoms with Crippen LogP contribution in [0.25, 0.3) is 6.08 Å². The third kappa shape index (κ3) is 12.1. The summed E-state index contributed by atoms with van der Waals surface area (Å²) in [5.74, 6) is 0.885. The van der Waals surface area contributed by atoms with Crippen LogP contribution in [0, 0.1) is 0 Å². The molecule has 3 aromatic carbocycles. The molecule has 1 atom stereocenters. The average Bonchev–Trinajstić information content (AvgIpc) is 3.59. The van der Waals surface area contributed by atoms with E-state index in [2.05, 4.69) is 107 Å². The van der Waals surface area contributed by atoms with Gasteiger partial charge in [0.05, 0.1) is 25.5 Å². The van der Waals surface area contributed by atoms with Crippen molar-refractivity contribution in [3.63, 3.8) is 0 Å². The summed E-state index contributed by atoms with van der Waals surface area (Å²) in [6, 6.07) is 25.1. The molecule has 2 N–H and O–H groups in total. The van der Waals surface area contributed by atoms with Crippen LogP contribution in [-0.2, 0) is 24.9 Å². The molecule has 1 unspecified atom stereocenters. The molecule has 0 saturated heterocycles. The summed E-state index contributed by atoms with van der Waals surface area (Å²) in [5, 5.41) is 0.788. The molecule has 0 fully saturated rings. The second kappa shape index (κ2) is 20.9. The number of fused-ring (bicyclic) bond motifs is 1. The van der Waals surface area contributed by atoms with Crippen molar-refractivity contribution in [1.82, 2.24) is 14.5 Å². The first-order chi connectivity index (χ1) is 22.4. The van der Waals surface area contributed by atoms with Gasteiger partial charge in [0.15, 0.2) is 0 Å². The van der Waals surface area contributed by atoms with E-state index in [1.165, 1.54) is 22.3 Å². The van der Waals surface area contributed by atoms with Crippen molar-refractivity contribution in [3.05, 3.63) is 149 Å². The van der Waals surface area contributed by atoms with E-state index in [1.807, 2.05) is 57.7 Å². The maximum atomic E-state index is 9.50. The molecule has 0 saturated carbocycles. The van der Waals surface area contributed by atoms with Crippen molar-refractivity contribution >= 4 is 17.7 Å². The number of alkyl halides is 1. The minimum atomic E-state index is -0.0808. The monoisotopic (exact) mass is 644 g/mol. The van der Waals surface area contributed by atoms with E-state index in [4.69, 9.17) is 22.1 Å². The van der Waals surface area contributed by atoms with Crippen LogP contribution in [0.15, 0.2) is 122 Å². The second-order valence-electron chi connectivity index (χ2n) is 10.8. The molecule has 0 bridgehead atoms. The Hall–Kier alpha value is -3.97. The molecular formula is C39H50ClFN4O. The van der Waals surface area contributed by atoms with E-state index in [0.717, 1.165) is 42.4 Å². The lowest BCUT2D eigenvalue weighted by Crippen LogP contribution is -2.47. The maximum Gasteiger partial charge on any atom is 0.119 e. The number of aromatic nitrogens is 2. The van der Waals surface area contributed by atoms with Gasteiger partial charge in [0.25, 0.3) is 0 Å². The van der Waals surface area contributed by atoms with E-state index in [-0.39, 0.29) is 5.41 Å². The van der Waals surface area contributed by atoms with Crippen molar-refractivity contribution in [3.8, 4) is 5.75 Å². The molecule has 1 heterocycles. The van der Waals surface area contributed by atoms with Crippen LogP contribution < -0.4 is 10.5 Å². The molecule has 246 valence electrons. The van der Waals surface area contributed by atoms with Crippen LogP contribution in [-0.4, -0.2) is 48.4 Å². The first kappa shape index (κ1) is 38.2. The number of benzene rings is 3. The number of hydrogen-bond donors (Lipinski definition) is 1. The number of halogens is 2. The summed E-state index contributed by atoms with van der Waals surface area (Å²) in [7, 11) is 2.64. The predicted octanol–water partition coefficient (Wildman–Crippen LogP) is 8.94. The van der Waals surface area contributed by atoms with Gasteiger partial charge in [-0.15, -0.1) is 0 Å². The fourth-order valence-corrected chi connectivity index (χ4v) is 5.35. The van der Waals surface area contributed by atoms with Crippen LogP contribution in [0.3, 0.4) is 0 Å². The zero-order chi connectivity index (χ0) is 33.8. The van der Waals surface area contributed by atoms with Crippen molar-refractivity contribution in [2.45, 2.75) is 45.7 Å². The van der Waals surface area contributed by atoms with Gasteiger partial charge < -0.3 is 15.0 Å². The van der Waals surface area contributed by atoms with Gasteiger partial charge >= 0.3 is 0 Å². The Labute approximate surface area is 280 Å². The summed E-state index contributed by atoms with van der Waals surface area (Å²) in [4.78, 5) is 6.51. The standard InChI is InChI=1S/C30H30ClN3O.C6H11N.C2H6.CH3F/c1-33(20-25-6-3-2-4-7-25)16-5-8-24-9-12-28(13-10-24)35-22-30(21-34-17-15-32-23-34)19-26-18-27(31)11-14-29(26)30;1-3-4-6(2)5-7;2*1-2/h2-15,17-18,23H,16,19-22H2,1H3;3-4H,2,5,7H2,1H3;1-2H3;1H3/b8-5+;4-3-;;. The molecule has 5 rings (SSSR count). The third-order valence-electron chi connectivity index (χ3n) is 7.29. The van der Waals surface area contributed by atoms with Crippen LogP contribution in [0.5, 0.6) is 5.75 Å². The largest absolute Gasteiger partial charge is 0.493 e. The lowest BCUT2D eigenvalue weighted by atomic mass is 9.64. The van der Waals surface area contributed by atoms with E-state index < -0.39 is 0 Å². The number of nitrogens with zero attached hydrogens (tertiary/aromatic N) is 3. The zero-order valence-electron chi connectivity index (χ0n) is 28.0. The van der Waals surface area contributed by atoms with Gasteiger partial charge in [-0.25, -0.2) is 4.98 Å². The Morgan fingerprint density at radius 3 is 2.41 bits per heavy atom. The highest BCUT2D eigenvalue weighted by Crippen LogP contribution is 2.44. The number of likely N-dealkylation sites (N-methyl/N-ethyl adjacent to an activating group) is 1. The Kier molecular flexibility index (Phi) is 17.4. The minimum absolute atomic E-state index is 0.0808. The molecule has 4 aromatic rings. The lowest BCUT2D eigenvalue weighted by Gasteiger charge is -2.44. The first-order valence-electron chi connectivity index (χ1n) is 15.7. The zero-order valence-corrected chi connectivity index (χ0v) is 28.8. The molecular weight excluding hydrogens is 595 g/mol. The molecule has 1 aromatic heterocycles. The Bertz CT molecular complexity index is 1470. The van der Waals surface area contributed by atoms with Crippen LogP contribution in [0.2, 0.25) is 5.02 Å². The molecule has 0 spiro atoms. The van der Waals surface area contributed by atoms with Gasteiger partial charge in [-0.1, -0.05) is 105 Å². The highest BCUT2D eigenvalue weighted by Gasteiger charge is 2.44.